The van der Waals surface area contributed by atoms with Crippen LogP contribution in [0.3, 0.4) is 0 Å². The molecule has 1 aromatic heterocycles. The summed E-state index contributed by atoms with van der Waals surface area (Å²) < 4.78 is 17.9. The number of benzene rings is 1. The lowest BCUT2D eigenvalue weighted by atomic mass is 10.2. The average Bonchev–Trinajstić information content (AvgIpc) is 3.02. The lowest BCUT2D eigenvalue weighted by Gasteiger charge is -1.98. The van der Waals surface area contributed by atoms with Gasteiger partial charge in [0.15, 0.2) is 5.70 Å². The second kappa shape index (κ2) is 4.78. The Balaban J connectivity index is 1.93. The molecule has 1 aromatic carbocycles. The summed E-state index contributed by atoms with van der Waals surface area (Å²) in [6.45, 7) is 0. The summed E-state index contributed by atoms with van der Waals surface area (Å²) in [6.07, 6.45) is 1.67. The Hall–Kier alpha value is -2.27. The van der Waals surface area contributed by atoms with E-state index in [1.807, 2.05) is 17.5 Å². The molecule has 2 heterocycles. The number of hydrogen-bond acceptors (Lipinski definition) is 4. The minimum Gasteiger partial charge on any atom is -0.402 e. The minimum atomic E-state index is -0.493. The number of carbonyl (C=O) groups excluding carboxylic acids is 1. The van der Waals surface area contributed by atoms with Gasteiger partial charge in [0.05, 0.1) is 0 Å². The van der Waals surface area contributed by atoms with Gasteiger partial charge >= 0.3 is 5.97 Å². The van der Waals surface area contributed by atoms with E-state index in [2.05, 4.69) is 4.99 Å². The van der Waals surface area contributed by atoms with Crippen LogP contribution in [0.1, 0.15) is 10.4 Å². The number of carbonyl (C=O) groups is 1. The molecule has 2 aromatic rings. The van der Waals surface area contributed by atoms with Gasteiger partial charge in [0.1, 0.15) is 5.82 Å². The van der Waals surface area contributed by atoms with E-state index in [-0.39, 0.29) is 17.4 Å². The van der Waals surface area contributed by atoms with E-state index in [1.54, 1.807) is 6.08 Å². The number of ether oxygens (including phenoxy) is 1. The molecule has 3 rings (SSSR count). The highest BCUT2D eigenvalue weighted by Crippen LogP contribution is 2.21. The van der Waals surface area contributed by atoms with Crippen LogP contribution in [0.15, 0.2) is 52.5 Å². The standard InChI is InChI=1S/C14H8FNO2S/c15-10-5-3-9(4-6-10)13-16-12(14(17)18-13)8-11-2-1-7-19-11/h1-8H. The lowest BCUT2D eigenvalue weighted by molar-refractivity contribution is -0.129. The summed E-state index contributed by atoms with van der Waals surface area (Å²) in [5.74, 6) is -0.636. The molecule has 0 saturated heterocycles. The lowest BCUT2D eigenvalue weighted by Crippen LogP contribution is -2.05. The van der Waals surface area contributed by atoms with Gasteiger partial charge in [-0.1, -0.05) is 6.07 Å². The molecule has 1 aliphatic rings. The molecule has 5 heteroatoms. The topological polar surface area (TPSA) is 38.7 Å². The highest BCUT2D eigenvalue weighted by atomic mass is 32.1. The van der Waals surface area contributed by atoms with E-state index in [9.17, 15) is 9.18 Å². The van der Waals surface area contributed by atoms with Crippen molar-refractivity contribution < 1.29 is 13.9 Å². The van der Waals surface area contributed by atoms with Crippen molar-refractivity contribution in [1.29, 1.82) is 0 Å². The highest BCUT2D eigenvalue weighted by Gasteiger charge is 2.24. The van der Waals surface area contributed by atoms with Crippen molar-refractivity contribution in [2.45, 2.75) is 0 Å². The number of esters is 1. The summed E-state index contributed by atoms with van der Waals surface area (Å²) in [7, 11) is 0. The van der Waals surface area contributed by atoms with E-state index in [4.69, 9.17) is 4.74 Å². The van der Waals surface area contributed by atoms with Gasteiger partial charge in [-0.15, -0.1) is 11.3 Å². The maximum absolute atomic E-state index is 12.8. The van der Waals surface area contributed by atoms with Crippen LogP contribution in [-0.2, 0) is 9.53 Å². The summed E-state index contributed by atoms with van der Waals surface area (Å²) in [6, 6.07) is 9.42. The van der Waals surface area contributed by atoms with E-state index >= 15 is 0 Å². The molecule has 3 nitrogen and oxygen atoms in total. The van der Waals surface area contributed by atoms with Crippen molar-refractivity contribution in [1.82, 2.24) is 0 Å². The molecule has 1 aliphatic heterocycles. The molecular formula is C14H8FNO2S. The van der Waals surface area contributed by atoms with Gasteiger partial charge in [0, 0.05) is 10.4 Å². The van der Waals surface area contributed by atoms with Crippen molar-refractivity contribution in [3.05, 3.63) is 63.7 Å². The quantitative estimate of drug-likeness (QED) is 0.622. The summed E-state index contributed by atoms with van der Waals surface area (Å²) in [5, 5.41) is 1.91. The van der Waals surface area contributed by atoms with Gasteiger partial charge in [-0.25, -0.2) is 14.2 Å². The number of aliphatic imine (C=N–C) groups is 1. The van der Waals surface area contributed by atoms with Crippen LogP contribution in [0, 0.1) is 5.82 Å². The number of cyclic esters (lactones) is 1. The number of thiophene rings is 1. The van der Waals surface area contributed by atoms with Crippen LogP contribution in [0.4, 0.5) is 4.39 Å². The first-order valence-electron chi connectivity index (χ1n) is 5.54. The predicted octanol–water partition coefficient (Wildman–Crippen LogP) is 3.23. The van der Waals surface area contributed by atoms with Crippen molar-refractivity contribution in [3.63, 3.8) is 0 Å². The van der Waals surface area contributed by atoms with Crippen LogP contribution in [0.25, 0.3) is 6.08 Å². The normalized spacial score (nSPS) is 16.6. The van der Waals surface area contributed by atoms with Crippen molar-refractivity contribution in [3.8, 4) is 0 Å². The van der Waals surface area contributed by atoms with Gasteiger partial charge in [-0.3, -0.25) is 0 Å². The highest BCUT2D eigenvalue weighted by molar-refractivity contribution is 7.10. The van der Waals surface area contributed by atoms with Gasteiger partial charge < -0.3 is 4.74 Å². The Bertz CT molecular complexity index is 672. The molecule has 0 saturated carbocycles. The zero-order valence-corrected chi connectivity index (χ0v) is 10.5. The number of rotatable bonds is 2. The molecule has 0 aliphatic carbocycles. The molecule has 0 N–H and O–H groups in total. The fourth-order valence-corrected chi connectivity index (χ4v) is 2.28. The van der Waals surface area contributed by atoms with Crippen LogP contribution >= 0.6 is 11.3 Å². The first-order chi connectivity index (χ1) is 9.22. The van der Waals surface area contributed by atoms with Gasteiger partial charge in [0.2, 0.25) is 5.90 Å². The van der Waals surface area contributed by atoms with Crippen LogP contribution in [0.5, 0.6) is 0 Å². The molecule has 0 amide bonds. The Labute approximate surface area is 112 Å². The maximum atomic E-state index is 12.8. The van der Waals surface area contributed by atoms with Gasteiger partial charge in [-0.05, 0) is 41.8 Å². The van der Waals surface area contributed by atoms with Crippen LogP contribution in [-0.4, -0.2) is 11.9 Å². The molecular weight excluding hydrogens is 265 g/mol. The maximum Gasteiger partial charge on any atom is 0.363 e. The third kappa shape index (κ3) is 2.46. The molecule has 0 atom stereocenters. The predicted molar refractivity (Wildman–Crippen MR) is 71.3 cm³/mol. The monoisotopic (exact) mass is 273 g/mol. The SMILES string of the molecule is O=C1OC(c2ccc(F)cc2)=NC1=Cc1cccs1. The van der Waals surface area contributed by atoms with E-state index in [0.717, 1.165) is 4.88 Å². The van der Waals surface area contributed by atoms with Crippen LogP contribution < -0.4 is 0 Å². The first kappa shape index (κ1) is 11.8. The molecule has 0 radical (unpaired) electrons. The summed E-state index contributed by atoms with van der Waals surface area (Å²) >= 11 is 1.51. The van der Waals surface area contributed by atoms with E-state index in [1.165, 1.54) is 35.6 Å². The van der Waals surface area contributed by atoms with E-state index in [0.29, 0.717) is 5.56 Å². The Morgan fingerprint density at radius 1 is 1.21 bits per heavy atom. The smallest absolute Gasteiger partial charge is 0.363 e. The average molecular weight is 273 g/mol. The second-order valence-corrected chi connectivity index (χ2v) is 4.84. The molecule has 0 fully saturated rings. The van der Waals surface area contributed by atoms with Crippen molar-refractivity contribution in [2.24, 2.45) is 4.99 Å². The first-order valence-corrected chi connectivity index (χ1v) is 6.42. The van der Waals surface area contributed by atoms with Gasteiger partial charge in [0.25, 0.3) is 0 Å². The minimum absolute atomic E-state index is 0.202. The Morgan fingerprint density at radius 2 is 2.00 bits per heavy atom. The molecule has 0 bridgehead atoms. The van der Waals surface area contributed by atoms with E-state index < -0.39 is 5.97 Å². The zero-order valence-electron chi connectivity index (χ0n) is 9.67. The molecule has 94 valence electrons. The van der Waals surface area contributed by atoms with Gasteiger partial charge in [-0.2, -0.15) is 0 Å². The fraction of sp³-hybridized carbons (Fsp3) is 0. The molecule has 0 unspecified atom stereocenters. The molecule has 0 spiro atoms. The largest absolute Gasteiger partial charge is 0.402 e. The summed E-state index contributed by atoms with van der Waals surface area (Å²) in [5.41, 5.74) is 0.825. The molecule has 19 heavy (non-hydrogen) atoms. The number of nitrogens with zero attached hydrogens (tertiary/aromatic N) is 1. The zero-order chi connectivity index (χ0) is 13.2. The van der Waals surface area contributed by atoms with Crippen molar-refractivity contribution >= 4 is 29.3 Å². The van der Waals surface area contributed by atoms with Crippen molar-refractivity contribution in [2.75, 3.05) is 0 Å². The number of halogens is 1. The second-order valence-electron chi connectivity index (χ2n) is 3.86. The Morgan fingerprint density at radius 3 is 2.68 bits per heavy atom. The van der Waals surface area contributed by atoms with Crippen LogP contribution in [0.2, 0.25) is 0 Å². The summed E-state index contributed by atoms with van der Waals surface area (Å²) in [4.78, 5) is 16.7. The fourth-order valence-electron chi connectivity index (χ4n) is 1.63. The number of hydrogen-bond donors (Lipinski definition) is 0. The third-order valence-corrected chi connectivity index (χ3v) is 3.35. The third-order valence-electron chi connectivity index (χ3n) is 2.53. The Kier molecular flexibility index (Phi) is 2.97.